The second-order valence-corrected chi connectivity index (χ2v) is 7.26. The zero-order chi connectivity index (χ0) is 18.6. The maximum Gasteiger partial charge on any atom is 0.141 e. The van der Waals surface area contributed by atoms with Crippen molar-refractivity contribution < 1.29 is 4.79 Å². The molecular formula is C21H23N5O. The van der Waals surface area contributed by atoms with Crippen LogP contribution in [0.15, 0.2) is 43.1 Å². The first-order chi connectivity index (χ1) is 13.2. The van der Waals surface area contributed by atoms with Crippen LogP contribution < -0.4 is 0 Å². The Morgan fingerprint density at radius 2 is 2.00 bits per heavy atom. The molecule has 138 valence electrons. The molecule has 0 N–H and O–H groups in total. The number of Topliss-reactive ketones (excluding diaryl/α,β-unsaturated/α-hetero) is 1. The van der Waals surface area contributed by atoms with E-state index in [2.05, 4.69) is 31.9 Å². The van der Waals surface area contributed by atoms with Gasteiger partial charge in [0.25, 0.3) is 0 Å². The van der Waals surface area contributed by atoms with Gasteiger partial charge in [-0.15, -0.1) is 0 Å². The third-order valence-corrected chi connectivity index (χ3v) is 5.25. The first kappa shape index (κ1) is 17.7. The van der Waals surface area contributed by atoms with Crippen molar-refractivity contribution in [2.75, 3.05) is 20.1 Å². The highest BCUT2D eigenvalue weighted by Gasteiger charge is 2.22. The van der Waals surface area contributed by atoms with Crippen molar-refractivity contribution in [3.05, 3.63) is 48.8 Å². The third kappa shape index (κ3) is 4.17. The fourth-order valence-corrected chi connectivity index (χ4v) is 3.65. The lowest BCUT2D eigenvalue weighted by Gasteiger charge is -2.14. The van der Waals surface area contributed by atoms with Crippen LogP contribution in [0.1, 0.15) is 25.0 Å². The molecule has 1 aliphatic heterocycles. The number of hydrogen-bond acceptors (Lipinski definition) is 6. The summed E-state index contributed by atoms with van der Waals surface area (Å²) in [4.78, 5) is 32.4. The normalized spacial score (nSPS) is 18.3. The lowest BCUT2D eigenvalue weighted by Crippen LogP contribution is -2.21. The van der Waals surface area contributed by atoms with Gasteiger partial charge in [0.15, 0.2) is 0 Å². The van der Waals surface area contributed by atoms with E-state index in [-0.39, 0.29) is 5.92 Å². The molecule has 0 saturated carbocycles. The van der Waals surface area contributed by atoms with Crippen LogP contribution in [0.5, 0.6) is 0 Å². The lowest BCUT2D eigenvalue weighted by atomic mass is 9.93. The van der Waals surface area contributed by atoms with Crippen molar-refractivity contribution in [3.63, 3.8) is 0 Å². The van der Waals surface area contributed by atoms with Crippen molar-refractivity contribution in [1.82, 2.24) is 24.8 Å². The quantitative estimate of drug-likeness (QED) is 0.711. The Kier molecular flexibility index (Phi) is 5.16. The van der Waals surface area contributed by atoms with Crippen molar-refractivity contribution in [2.45, 2.75) is 25.7 Å². The number of pyridine rings is 2. The molecule has 3 aromatic rings. The minimum absolute atomic E-state index is 0.150. The number of carbonyl (C=O) groups is 1. The summed E-state index contributed by atoms with van der Waals surface area (Å²) in [6, 6.07) is 4.01. The summed E-state index contributed by atoms with van der Waals surface area (Å²) in [5, 5.41) is 0.969. The maximum absolute atomic E-state index is 12.8. The summed E-state index contributed by atoms with van der Waals surface area (Å²) in [5.41, 5.74) is 3.31. The Bertz CT molecular complexity index is 944. The van der Waals surface area contributed by atoms with E-state index in [1.807, 2.05) is 12.1 Å². The Labute approximate surface area is 158 Å². The lowest BCUT2D eigenvalue weighted by molar-refractivity contribution is -0.122. The summed E-state index contributed by atoms with van der Waals surface area (Å²) >= 11 is 0. The van der Waals surface area contributed by atoms with E-state index in [1.165, 1.54) is 0 Å². The minimum atomic E-state index is 0.150. The zero-order valence-electron chi connectivity index (χ0n) is 15.5. The number of hydrogen-bond donors (Lipinski definition) is 0. The molecule has 1 atom stereocenters. The van der Waals surface area contributed by atoms with Crippen LogP contribution in [0.4, 0.5) is 0 Å². The Hall–Kier alpha value is -2.73. The van der Waals surface area contributed by atoms with Crippen molar-refractivity contribution in [1.29, 1.82) is 0 Å². The van der Waals surface area contributed by atoms with Crippen molar-refractivity contribution in [3.8, 4) is 11.3 Å². The second-order valence-electron chi connectivity index (χ2n) is 7.26. The molecule has 1 saturated heterocycles. The van der Waals surface area contributed by atoms with Gasteiger partial charge >= 0.3 is 0 Å². The number of carbonyl (C=O) groups excluding carboxylic acids is 1. The fraction of sp³-hybridized carbons (Fsp3) is 0.381. The average molecular weight is 361 g/mol. The number of nitrogens with zero attached hydrogens (tertiary/aromatic N) is 5. The van der Waals surface area contributed by atoms with Crippen LogP contribution in [0.3, 0.4) is 0 Å². The van der Waals surface area contributed by atoms with Crippen molar-refractivity contribution in [2.24, 2.45) is 5.92 Å². The molecule has 6 heteroatoms. The fourth-order valence-electron chi connectivity index (χ4n) is 3.65. The molecule has 27 heavy (non-hydrogen) atoms. The number of likely N-dealkylation sites (tertiary alicyclic amines) is 1. The standard InChI is InChI=1S/C21H23N5O/c1-26-7-2-3-15(4-8-26)21(27)11-18-10-16-9-17(12-25-20(16)14-24-18)19-13-22-5-6-23-19/h5-6,9-10,12-15H,2-4,7-8,11H2,1H3. The van der Waals surface area contributed by atoms with Gasteiger partial charge in [0.05, 0.1) is 23.6 Å². The molecule has 1 aliphatic rings. The van der Waals surface area contributed by atoms with Gasteiger partial charge in [0.1, 0.15) is 5.78 Å². The maximum atomic E-state index is 12.8. The molecule has 4 heterocycles. The third-order valence-electron chi connectivity index (χ3n) is 5.25. The SMILES string of the molecule is CN1CCCC(C(=O)Cc2cc3cc(-c4cnccn4)cnc3cn2)CC1. The van der Waals surface area contributed by atoms with Gasteiger partial charge < -0.3 is 4.90 Å². The molecule has 0 spiro atoms. The molecule has 3 aromatic heterocycles. The molecule has 1 fully saturated rings. The van der Waals surface area contributed by atoms with E-state index in [1.54, 1.807) is 31.0 Å². The van der Waals surface area contributed by atoms with E-state index in [0.717, 1.165) is 60.2 Å². The van der Waals surface area contributed by atoms with Crippen LogP contribution in [-0.2, 0) is 11.2 Å². The second kappa shape index (κ2) is 7.88. The Balaban J connectivity index is 1.54. The summed E-state index contributed by atoms with van der Waals surface area (Å²) in [7, 11) is 2.12. The predicted molar refractivity (Wildman–Crippen MR) is 104 cm³/mol. The Morgan fingerprint density at radius 3 is 2.85 bits per heavy atom. The van der Waals surface area contributed by atoms with Crippen LogP contribution >= 0.6 is 0 Å². The van der Waals surface area contributed by atoms with E-state index in [9.17, 15) is 4.79 Å². The molecule has 1 unspecified atom stereocenters. The van der Waals surface area contributed by atoms with Gasteiger partial charge in [0.2, 0.25) is 0 Å². The highest BCUT2D eigenvalue weighted by atomic mass is 16.1. The zero-order valence-corrected chi connectivity index (χ0v) is 15.5. The molecule has 0 aliphatic carbocycles. The van der Waals surface area contributed by atoms with Crippen LogP contribution in [0.2, 0.25) is 0 Å². The predicted octanol–water partition coefficient (Wildman–Crippen LogP) is 2.93. The molecule has 6 nitrogen and oxygen atoms in total. The number of aromatic nitrogens is 4. The van der Waals surface area contributed by atoms with E-state index in [4.69, 9.17) is 0 Å². The molecule has 0 amide bonds. The van der Waals surface area contributed by atoms with Gasteiger partial charge in [-0.3, -0.25) is 24.7 Å². The van der Waals surface area contributed by atoms with Gasteiger partial charge in [-0.2, -0.15) is 0 Å². The molecule has 0 aromatic carbocycles. The number of rotatable bonds is 4. The van der Waals surface area contributed by atoms with Gasteiger partial charge in [-0.25, -0.2) is 0 Å². The summed E-state index contributed by atoms with van der Waals surface area (Å²) < 4.78 is 0. The number of fused-ring (bicyclic) bond motifs is 1. The molecule has 0 radical (unpaired) electrons. The first-order valence-corrected chi connectivity index (χ1v) is 9.41. The van der Waals surface area contributed by atoms with E-state index >= 15 is 0 Å². The van der Waals surface area contributed by atoms with E-state index < -0.39 is 0 Å². The number of ketones is 1. The minimum Gasteiger partial charge on any atom is -0.306 e. The summed E-state index contributed by atoms with van der Waals surface area (Å²) in [5.74, 6) is 0.451. The van der Waals surface area contributed by atoms with Crippen LogP contribution in [-0.4, -0.2) is 50.8 Å². The van der Waals surface area contributed by atoms with Crippen LogP contribution in [0.25, 0.3) is 22.2 Å². The smallest absolute Gasteiger partial charge is 0.141 e. The molecular weight excluding hydrogens is 338 g/mol. The highest BCUT2D eigenvalue weighted by Crippen LogP contribution is 2.22. The monoisotopic (exact) mass is 361 g/mol. The summed E-state index contributed by atoms with van der Waals surface area (Å²) in [6.07, 6.45) is 12.0. The van der Waals surface area contributed by atoms with Crippen LogP contribution in [0, 0.1) is 5.92 Å². The van der Waals surface area contributed by atoms with Gasteiger partial charge in [-0.1, -0.05) is 0 Å². The summed E-state index contributed by atoms with van der Waals surface area (Å²) in [6.45, 7) is 2.07. The van der Waals surface area contributed by atoms with Gasteiger partial charge in [0, 0.05) is 47.6 Å². The highest BCUT2D eigenvalue weighted by molar-refractivity contribution is 5.86. The van der Waals surface area contributed by atoms with Crippen molar-refractivity contribution >= 4 is 16.7 Å². The largest absolute Gasteiger partial charge is 0.306 e. The molecule has 0 bridgehead atoms. The van der Waals surface area contributed by atoms with E-state index in [0.29, 0.717) is 12.2 Å². The Morgan fingerprint density at radius 1 is 1.07 bits per heavy atom. The first-order valence-electron chi connectivity index (χ1n) is 9.41. The molecule has 4 rings (SSSR count). The van der Waals surface area contributed by atoms with Gasteiger partial charge in [-0.05, 0) is 51.5 Å². The topological polar surface area (TPSA) is 71.9 Å². The average Bonchev–Trinajstić information content (AvgIpc) is 2.92.